The molecule has 2 heterocycles. The van der Waals surface area contributed by atoms with Gasteiger partial charge in [0.2, 0.25) is 5.91 Å². The number of para-hydroxylation sites is 2. The van der Waals surface area contributed by atoms with Gasteiger partial charge in [-0.1, -0.05) is 36.4 Å². The first kappa shape index (κ1) is 15.8. The Hall–Kier alpha value is -2.75. The van der Waals surface area contributed by atoms with Gasteiger partial charge in [-0.2, -0.15) is 0 Å². The highest BCUT2D eigenvalue weighted by molar-refractivity contribution is 5.84. The van der Waals surface area contributed by atoms with Gasteiger partial charge in [0.05, 0.1) is 0 Å². The first-order chi connectivity index (χ1) is 12.2. The molecule has 1 fully saturated rings. The Labute approximate surface area is 148 Å². The maximum absolute atomic E-state index is 12.8. The fourth-order valence-electron chi connectivity index (χ4n) is 3.65. The van der Waals surface area contributed by atoms with Crippen LogP contribution in [-0.4, -0.2) is 41.6 Å². The number of aromatic nitrogens is 1. The summed E-state index contributed by atoms with van der Waals surface area (Å²) in [6.07, 6.45) is 0. The van der Waals surface area contributed by atoms with Crippen LogP contribution in [0.15, 0.2) is 60.7 Å². The zero-order valence-corrected chi connectivity index (χ0v) is 14.6. The maximum atomic E-state index is 12.8. The molecule has 0 N–H and O–H groups in total. The Morgan fingerprint density at radius 3 is 2.36 bits per heavy atom. The number of carbonyl (C=O) groups is 1. The smallest absolute Gasteiger partial charge is 0.242 e. The van der Waals surface area contributed by atoms with Crippen molar-refractivity contribution < 1.29 is 4.79 Å². The number of benzene rings is 2. The predicted octanol–water partition coefficient (Wildman–Crippen LogP) is 3.30. The summed E-state index contributed by atoms with van der Waals surface area (Å²) in [6, 6.07) is 20.8. The molecule has 4 nitrogen and oxygen atoms in total. The van der Waals surface area contributed by atoms with E-state index in [0.717, 1.165) is 37.4 Å². The van der Waals surface area contributed by atoms with Gasteiger partial charge in [-0.15, -0.1) is 0 Å². The number of rotatable bonds is 3. The van der Waals surface area contributed by atoms with Crippen molar-refractivity contribution in [2.24, 2.45) is 0 Å². The van der Waals surface area contributed by atoms with Crippen LogP contribution in [0.2, 0.25) is 0 Å². The average Bonchev–Trinajstić information content (AvgIpc) is 2.98. The number of fused-ring (bicyclic) bond motifs is 1. The van der Waals surface area contributed by atoms with Gasteiger partial charge in [0.25, 0.3) is 0 Å². The third-order valence-electron chi connectivity index (χ3n) is 5.06. The minimum Gasteiger partial charge on any atom is -0.368 e. The predicted molar refractivity (Wildman–Crippen MR) is 102 cm³/mol. The number of aryl methyl sites for hydroxylation is 1. The number of piperazine rings is 1. The summed E-state index contributed by atoms with van der Waals surface area (Å²) in [5.41, 5.74) is 3.51. The molecule has 0 aliphatic carbocycles. The van der Waals surface area contributed by atoms with Crippen LogP contribution in [0.5, 0.6) is 0 Å². The molecule has 4 heteroatoms. The van der Waals surface area contributed by atoms with Crippen molar-refractivity contribution in [2.45, 2.75) is 13.5 Å². The number of hydrogen-bond acceptors (Lipinski definition) is 2. The van der Waals surface area contributed by atoms with Crippen molar-refractivity contribution in [1.82, 2.24) is 9.47 Å². The van der Waals surface area contributed by atoms with Crippen LogP contribution in [0.25, 0.3) is 10.9 Å². The molecular weight excluding hydrogens is 310 g/mol. The molecule has 1 aromatic heterocycles. The van der Waals surface area contributed by atoms with Crippen molar-refractivity contribution in [2.75, 3.05) is 31.1 Å². The summed E-state index contributed by atoms with van der Waals surface area (Å²) >= 11 is 0. The SMILES string of the molecule is Cc1cc2ccccc2n1CC(=O)N1CCN(c2ccccc2)CC1. The molecule has 128 valence electrons. The van der Waals surface area contributed by atoms with Gasteiger partial charge in [-0.25, -0.2) is 0 Å². The van der Waals surface area contributed by atoms with Crippen LogP contribution in [0, 0.1) is 6.92 Å². The van der Waals surface area contributed by atoms with Gasteiger partial charge in [0, 0.05) is 43.1 Å². The number of amides is 1. The zero-order valence-electron chi connectivity index (χ0n) is 14.6. The van der Waals surface area contributed by atoms with Crippen LogP contribution in [0.4, 0.5) is 5.69 Å². The summed E-state index contributed by atoms with van der Waals surface area (Å²) < 4.78 is 2.13. The van der Waals surface area contributed by atoms with Gasteiger partial charge in [-0.3, -0.25) is 4.79 Å². The van der Waals surface area contributed by atoms with E-state index in [0.29, 0.717) is 6.54 Å². The lowest BCUT2D eigenvalue weighted by atomic mass is 10.2. The first-order valence-corrected chi connectivity index (χ1v) is 8.85. The van der Waals surface area contributed by atoms with Crippen LogP contribution in [0.3, 0.4) is 0 Å². The van der Waals surface area contributed by atoms with E-state index in [2.05, 4.69) is 58.9 Å². The van der Waals surface area contributed by atoms with Gasteiger partial charge in [0.15, 0.2) is 0 Å². The van der Waals surface area contributed by atoms with Crippen LogP contribution < -0.4 is 4.90 Å². The molecule has 25 heavy (non-hydrogen) atoms. The van der Waals surface area contributed by atoms with Gasteiger partial charge in [-0.05, 0) is 36.6 Å². The highest BCUT2D eigenvalue weighted by atomic mass is 16.2. The van der Waals surface area contributed by atoms with Gasteiger partial charge in [0.1, 0.15) is 6.54 Å². The summed E-state index contributed by atoms with van der Waals surface area (Å²) in [5, 5.41) is 1.20. The van der Waals surface area contributed by atoms with E-state index >= 15 is 0 Å². The van der Waals surface area contributed by atoms with E-state index in [1.54, 1.807) is 0 Å². The van der Waals surface area contributed by atoms with Crippen molar-refractivity contribution in [3.63, 3.8) is 0 Å². The van der Waals surface area contributed by atoms with Gasteiger partial charge < -0.3 is 14.4 Å². The van der Waals surface area contributed by atoms with E-state index in [-0.39, 0.29) is 5.91 Å². The number of hydrogen-bond donors (Lipinski definition) is 0. The Morgan fingerprint density at radius 2 is 1.60 bits per heavy atom. The topological polar surface area (TPSA) is 28.5 Å². The summed E-state index contributed by atoms with van der Waals surface area (Å²) in [7, 11) is 0. The standard InChI is InChI=1S/C21H23N3O/c1-17-15-18-7-5-6-10-20(18)24(17)16-21(25)23-13-11-22(12-14-23)19-8-3-2-4-9-19/h2-10,15H,11-14,16H2,1H3. The lowest BCUT2D eigenvalue weighted by Crippen LogP contribution is -2.49. The summed E-state index contributed by atoms with van der Waals surface area (Å²) in [5.74, 6) is 0.206. The molecule has 2 aromatic carbocycles. The highest BCUT2D eigenvalue weighted by Gasteiger charge is 2.22. The molecule has 3 aromatic rings. The molecule has 0 saturated carbocycles. The minimum absolute atomic E-state index is 0.206. The normalized spacial score (nSPS) is 14.9. The Kier molecular flexibility index (Phi) is 4.18. The Balaban J connectivity index is 1.43. The lowest BCUT2D eigenvalue weighted by Gasteiger charge is -2.36. The van der Waals surface area contributed by atoms with E-state index < -0.39 is 0 Å². The Morgan fingerprint density at radius 1 is 0.920 bits per heavy atom. The molecule has 1 amide bonds. The first-order valence-electron chi connectivity index (χ1n) is 8.85. The quantitative estimate of drug-likeness (QED) is 0.736. The zero-order chi connectivity index (χ0) is 17.2. The molecule has 0 unspecified atom stereocenters. The van der Waals surface area contributed by atoms with Crippen molar-refractivity contribution in [3.05, 3.63) is 66.4 Å². The second-order valence-electron chi connectivity index (χ2n) is 6.63. The van der Waals surface area contributed by atoms with Crippen LogP contribution in [-0.2, 0) is 11.3 Å². The van der Waals surface area contributed by atoms with E-state index in [1.807, 2.05) is 23.1 Å². The molecule has 0 bridgehead atoms. The molecule has 1 aliphatic rings. The lowest BCUT2D eigenvalue weighted by molar-refractivity contribution is -0.132. The van der Waals surface area contributed by atoms with Crippen LogP contribution >= 0.6 is 0 Å². The molecule has 0 radical (unpaired) electrons. The fraction of sp³-hybridized carbons (Fsp3) is 0.286. The van der Waals surface area contributed by atoms with Crippen molar-refractivity contribution in [1.29, 1.82) is 0 Å². The van der Waals surface area contributed by atoms with Crippen LogP contribution in [0.1, 0.15) is 5.69 Å². The van der Waals surface area contributed by atoms with E-state index in [1.165, 1.54) is 11.1 Å². The van der Waals surface area contributed by atoms with Gasteiger partial charge >= 0.3 is 0 Å². The number of carbonyl (C=O) groups excluding carboxylic acids is 1. The van der Waals surface area contributed by atoms with Crippen molar-refractivity contribution >= 4 is 22.5 Å². The number of nitrogens with zero attached hydrogens (tertiary/aromatic N) is 3. The molecule has 0 atom stereocenters. The third-order valence-corrected chi connectivity index (χ3v) is 5.06. The summed E-state index contributed by atoms with van der Waals surface area (Å²) in [6.45, 7) is 5.84. The third kappa shape index (κ3) is 3.12. The molecular formula is C21H23N3O. The fourth-order valence-corrected chi connectivity index (χ4v) is 3.65. The molecule has 1 saturated heterocycles. The molecule has 1 aliphatic heterocycles. The highest BCUT2D eigenvalue weighted by Crippen LogP contribution is 2.20. The summed E-state index contributed by atoms with van der Waals surface area (Å²) in [4.78, 5) is 17.1. The Bertz CT molecular complexity index is 877. The minimum atomic E-state index is 0.206. The van der Waals surface area contributed by atoms with Crippen molar-refractivity contribution in [3.8, 4) is 0 Å². The second kappa shape index (κ2) is 6.63. The maximum Gasteiger partial charge on any atom is 0.242 e. The van der Waals surface area contributed by atoms with E-state index in [9.17, 15) is 4.79 Å². The monoisotopic (exact) mass is 333 g/mol. The molecule has 4 rings (SSSR count). The largest absolute Gasteiger partial charge is 0.368 e. The average molecular weight is 333 g/mol. The van der Waals surface area contributed by atoms with E-state index in [4.69, 9.17) is 0 Å². The molecule has 0 spiro atoms. The second-order valence-corrected chi connectivity index (χ2v) is 6.63. The number of anilines is 1.